The number of hydrogen-bond donors (Lipinski definition) is 1. The van der Waals surface area contributed by atoms with E-state index in [1.165, 1.54) is 0 Å². The summed E-state index contributed by atoms with van der Waals surface area (Å²) in [5.74, 6) is 0.766. The van der Waals surface area contributed by atoms with Gasteiger partial charge >= 0.3 is 0 Å². The van der Waals surface area contributed by atoms with Gasteiger partial charge in [-0.2, -0.15) is 0 Å². The minimum Gasteiger partial charge on any atom is -0.357 e. The molecule has 1 aromatic rings. The Morgan fingerprint density at radius 1 is 1.25 bits per heavy atom. The van der Waals surface area contributed by atoms with Crippen LogP contribution in [0.1, 0.15) is 33.3 Å². The largest absolute Gasteiger partial charge is 0.357 e. The van der Waals surface area contributed by atoms with Gasteiger partial charge in [-0.3, -0.25) is 4.99 Å². The fraction of sp³-hybridized carbons (Fsp3) is 0.588. The molecule has 0 aliphatic heterocycles. The first-order chi connectivity index (χ1) is 11.1. The molecule has 0 atom stereocenters. The van der Waals surface area contributed by atoms with Crippen LogP contribution in [0.4, 0.5) is 0 Å². The average molecular weight is 418 g/mol. The molecule has 0 fully saturated rings. The van der Waals surface area contributed by atoms with Crippen molar-refractivity contribution in [3.63, 3.8) is 0 Å². The lowest BCUT2D eigenvalue weighted by atomic mass is 10.2. The standard InChI is InChI=1S/C17H28BrN3O2S/c1-6-19-16(20-11-12-24(22,23)17(2,3)4)21(5)13-14-7-9-15(18)10-8-14/h7-10H,6,11-13H2,1-5H3,(H,19,20). The highest BCUT2D eigenvalue weighted by atomic mass is 79.9. The van der Waals surface area contributed by atoms with Gasteiger partial charge in [-0.05, 0) is 45.4 Å². The van der Waals surface area contributed by atoms with Crippen LogP contribution >= 0.6 is 15.9 Å². The zero-order valence-electron chi connectivity index (χ0n) is 15.1. The van der Waals surface area contributed by atoms with E-state index in [0.29, 0.717) is 12.5 Å². The summed E-state index contributed by atoms with van der Waals surface area (Å²) in [6.45, 7) is 8.84. The Kier molecular flexibility index (Phi) is 7.73. The van der Waals surface area contributed by atoms with E-state index in [2.05, 4.69) is 26.2 Å². The molecule has 24 heavy (non-hydrogen) atoms. The third-order valence-electron chi connectivity index (χ3n) is 3.58. The van der Waals surface area contributed by atoms with Crippen LogP contribution in [-0.4, -0.2) is 49.9 Å². The van der Waals surface area contributed by atoms with Gasteiger partial charge in [-0.25, -0.2) is 8.42 Å². The first-order valence-electron chi connectivity index (χ1n) is 8.03. The van der Waals surface area contributed by atoms with Crippen molar-refractivity contribution in [1.29, 1.82) is 0 Å². The van der Waals surface area contributed by atoms with Gasteiger partial charge in [0.2, 0.25) is 0 Å². The molecule has 0 radical (unpaired) electrons. The van der Waals surface area contributed by atoms with E-state index in [1.807, 2.05) is 43.1 Å². The highest BCUT2D eigenvalue weighted by Gasteiger charge is 2.28. The van der Waals surface area contributed by atoms with Gasteiger partial charge in [0, 0.05) is 24.6 Å². The van der Waals surface area contributed by atoms with Gasteiger partial charge in [0.05, 0.1) is 17.0 Å². The maximum Gasteiger partial charge on any atom is 0.193 e. The lowest BCUT2D eigenvalue weighted by molar-refractivity contribution is 0.477. The Bertz CT molecular complexity index is 649. The predicted molar refractivity (Wildman–Crippen MR) is 105 cm³/mol. The first-order valence-corrected chi connectivity index (χ1v) is 10.5. The van der Waals surface area contributed by atoms with Gasteiger partial charge in [0.25, 0.3) is 0 Å². The molecule has 1 aromatic carbocycles. The minimum absolute atomic E-state index is 0.0531. The number of aliphatic imine (C=N–C) groups is 1. The number of guanidine groups is 1. The van der Waals surface area contributed by atoms with Gasteiger partial charge in [0.1, 0.15) is 0 Å². The van der Waals surface area contributed by atoms with Gasteiger partial charge < -0.3 is 10.2 Å². The number of benzene rings is 1. The van der Waals surface area contributed by atoms with Crippen LogP contribution in [0.5, 0.6) is 0 Å². The second-order valence-corrected chi connectivity index (χ2v) is 10.4. The van der Waals surface area contributed by atoms with Crippen LogP contribution in [0.2, 0.25) is 0 Å². The van der Waals surface area contributed by atoms with Gasteiger partial charge in [-0.1, -0.05) is 28.1 Å². The summed E-state index contributed by atoms with van der Waals surface area (Å²) in [5.41, 5.74) is 1.16. The molecule has 0 saturated carbocycles. The molecule has 0 aliphatic carbocycles. The fourth-order valence-corrected chi connectivity index (χ4v) is 3.19. The van der Waals surface area contributed by atoms with Gasteiger partial charge in [0.15, 0.2) is 15.8 Å². The molecule has 1 N–H and O–H groups in total. The maximum atomic E-state index is 12.2. The average Bonchev–Trinajstić information content (AvgIpc) is 2.47. The van der Waals surface area contributed by atoms with Crippen molar-refractivity contribution in [1.82, 2.24) is 10.2 Å². The van der Waals surface area contributed by atoms with Crippen molar-refractivity contribution in [2.45, 2.75) is 39.0 Å². The monoisotopic (exact) mass is 417 g/mol. The van der Waals surface area contributed by atoms with Crippen LogP contribution in [0.15, 0.2) is 33.7 Å². The van der Waals surface area contributed by atoms with Crippen LogP contribution in [0.25, 0.3) is 0 Å². The third-order valence-corrected chi connectivity index (χ3v) is 6.70. The summed E-state index contributed by atoms with van der Waals surface area (Å²) in [4.78, 5) is 6.47. The second kappa shape index (κ2) is 8.85. The van der Waals surface area contributed by atoms with E-state index in [1.54, 1.807) is 20.8 Å². The summed E-state index contributed by atoms with van der Waals surface area (Å²) in [6, 6.07) is 8.11. The highest BCUT2D eigenvalue weighted by Crippen LogP contribution is 2.16. The Labute approximate surface area is 154 Å². The van der Waals surface area contributed by atoms with Gasteiger partial charge in [-0.15, -0.1) is 0 Å². The topological polar surface area (TPSA) is 61.8 Å². The van der Waals surface area contributed by atoms with Crippen LogP contribution in [-0.2, 0) is 16.4 Å². The SMILES string of the molecule is CCNC(=NCCS(=O)(=O)C(C)(C)C)N(C)Cc1ccc(Br)cc1. The molecule has 136 valence electrons. The molecule has 0 spiro atoms. The smallest absolute Gasteiger partial charge is 0.193 e. The van der Waals surface area contributed by atoms with Crippen molar-refractivity contribution in [2.24, 2.45) is 4.99 Å². The highest BCUT2D eigenvalue weighted by molar-refractivity contribution is 9.10. The Morgan fingerprint density at radius 3 is 2.33 bits per heavy atom. The zero-order chi connectivity index (χ0) is 18.4. The molecule has 7 heteroatoms. The Balaban J connectivity index is 2.76. The van der Waals surface area contributed by atoms with Crippen LogP contribution < -0.4 is 5.32 Å². The summed E-state index contributed by atoms with van der Waals surface area (Å²) >= 11 is 3.43. The number of halogens is 1. The Hall–Kier alpha value is -1.08. The number of nitrogens with one attached hydrogen (secondary N) is 1. The third kappa shape index (κ3) is 6.43. The van der Waals surface area contributed by atoms with Crippen LogP contribution in [0, 0.1) is 0 Å². The zero-order valence-corrected chi connectivity index (χ0v) is 17.5. The van der Waals surface area contributed by atoms with Crippen molar-refractivity contribution in [3.05, 3.63) is 34.3 Å². The summed E-state index contributed by atoms with van der Waals surface area (Å²) < 4.78 is 24.7. The second-order valence-electron chi connectivity index (χ2n) is 6.65. The van der Waals surface area contributed by atoms with Crippen molar-refractivity contribution < 1.29 is 8.42 Å². The number of rotatable bonds is 6. The Morgan fingerprint density at radius 2 is 1.83 bits per heavy atom. The lowest BCUT2D eigenvalue weighted by Gasteiger charge is -2.23. The van der Waals surface area contributed by atoms with E-state index in [9.17, 15) is 8.42 Å². The molecule has 0 bridgehead atoms. The molecule has 0 saturated heterocycles. The molecule has 0 aromatic heterocycles. The number of nitrogens with zero attached hydrogens (tertiary/aromatic N) is 2. The normalized spacial score (nSPS) is 13.0. The number of sulfone groups is 1. The van der Waals surface area contributed by atoms with E-state index in [4.69, 9.17) is 0 Å². The van der Waals surface area contributed by atoms with Crippen molar-refractivity contribution in [2.75, 3.05) is 25.9 Å². The van der Waals surface area contributed by atoms with E-state index >= 15 is 0 Å². The molecular weight excluding hydrogens is 390 g/mol. The first kappa shape index (κ1) is 21.0. The number of hydrogen-bond acceptors (Lipinski definition) is 3. The quantitative estimate of drug-likeness (QED) is 0.570. The summed E-state index contributed by atoms with van der Waals surface area (Å²) in [7, 11) is -1.21. The minimum atomic E-state index is -3.16. The van der Waals surface area contributed by atoms with Crippen molar-refractivity contribution in [3.8, 4) is 0 Å². The molecule has 0 aliphatic rings. The molecule has 0 unspecified atom stereocenters. The molecule has 1 rings (SSSR count). The summed E-state index contributed by atoms with van der Waals surface area (Å²) in [6.07, 6.45) is 0. The van der Waals surface area contributed by atoms with Crippen molar-refractivity contribution >= 4 is 31.7 Å². The van der Waals surface area contributed by atoms with E-state index < -0.39 is 14.6 Å². The van der Waals surface area contributed by atoms with Crippen LogP contribution in [0.3, 0.4) is 0 Å². The van der Waals surface area contributed by atoms with E-state index in [0.717, 1.165) is 16.6 Å². The lowest BCUT2D eigenvalue weighted by Crippen LogP contribution is -2.39. The molecule has 0 heterocycles. The summed E-state index contributed by atoms with van der Waals surface area (Å²) in [5, 5.41) is 3.21. The fourth-order valence-electron chi connectivity index (χ4n) is 1.99. The molecular formula is C17H28BrN3O2S. The maximum absolute atomic E-state index is 12.2. The van der Waals surface area contributed by atoms with E-state index in [-0.39, 0.29) is 12.3 Å². The molecule has 5 nitrogen and oxygen atoms in total. The molecule has 0 amide bonds. The predicted octanol–water partition coefficient (Wildman–Crippen LogP) is 3.06.